The smallest absolute Gasteiger partial charge is 0.255 e. The van der Waals surface area contributed by atoms with Gasteiger partial charge in [0.2, 0.25) is 10.0 Å². The highest BCUT2D eigenvalue weighted by atomic mass is 32.2. The number of methoxy groups -OCH3 is 1. The van der Waals surface area contributed by atoms with E-state index in [1.807, 2.05) is 31.4 Å². The zero-order chi connectivity index (χ0) is 19.3. The predicted molar refractivity (Wildman–Crippen MR) is 107 cm³/mol. The third kappa shape index (κ3) is 4.92. The molecular formula is C18H22N2O4S2. The molecule has 1 amide bonds. The van der Waals surface area contributed by atoms with Gasteiger partial charge in [0.15, 0.2) is 0 Å². The summed E-state index contributed by atoms with van der Waals surface area (Å²) < 4.78 is 31.2. The normalized spacial score (nSPS) is 11.1. The molecule has 0 aliphatic carbocycles. The summed E-state index contributed by atoms with van der Waals surface area (Å²) >= 11 is 1.57. The zero-order valence-corrected chi connectivity index (χ0v) is 16.8. The fraction of sp³-hybridized carbons (Fsp3) is 0.278. The lowest BCUT2D eigenvalue weighted by atomic mass is 10.1. The van der Waals surface area contributed by atoms with Gasteiger partial charge < -0.3 is 10.1 Å². The van der Waals surface area contributed by atoms with Crippen molar-refractivity contribution < 1.29 is 17.9 Å². The van der Waals surface area contributed by atoms with E-state index in [0.717, 1.165) is 10.5 Å². The van der Waals surface area contributed by atoms with Crippen LogP contribution in [0.25, 0.3) is 0 Å². The minimum absolute atomic E-state index is 0.0420. The third-order valence-corrected chi connectivity index (χ3v) is 5.81. The Morgan fingerprint density at radius 1 is 1.19 bits per heavy atom. The van der Waals surface area contributed by atoms with Crippen LogP contribution in [0.5, 0.6) is 5.75 Å². The number of hydrogen-bond acceptors (Lipinski definition) is 5. The van der Waals surface area contributed by atoms with Crippen LogP contribution in [-0.4, -0.2) is 33.4 Å². The van der Waals surface area contributed by atoms with Gasteiger partial charge in [0.25, 0.3) is 5.91 Å². The van der Waals surface area contributed by atoms with Gasteiger partial charge in [-0.3, -0.25) is 9.52 Å². The van der Waals surface area contributed by atoms with Crippen molar-refractivity contribution in [2.45, 2.75) is 18.7 Å². The number of sulfonamides is 1. The van der Waals surface area contributed by atoms with Crippen molar-refractivity contribution in [3.63, 3.8) is 0 Å². The number of benzene rings is 2. The molecule has 0 saturated heterocycles. The van der Waals surface area contributed by atoms with Gasteiger partial charge in [-0.05, 0) is 49.9 Å². The van der Waals surface area contributed by atoms with Crippen molar-refractivity contribution in [3.8, 4) is 5.75 Å². The fourth-order valence-electron chi connectivity index (χ4n) is 2.26. The average molecular weight is 395 g/mol. The molecule has 140 valence electrons. The Morgan fingerprint density at radius 3 is 2.54 bits per heavy atom. The maximum Gasteiger partial charge on any atom is 0.255 e. The lowest BCUT2D eigenvalue weighted by molar-refractivity contribution is 0.102. The van der Waals surface area contributed by atoms with E-state index in [-0.39, 0.29) is 11.7 Å². The van der Waals surface area contributed by atoms with Crippen LogP contribution in [0.2, 0.25) is 0 Å². The van der Waals surface area contributed by atoms with E-state index in [9.17, 15) is 13.2 Å². The summed E-state index contributed by atoms with van der Waals surface area (Å²) in [6.07, 6.45) is 1.95. The van der Waals surface area contributed by atoms with Gasteiger partial charge in [-0.1, -0.05) is 6.07 Å². The number of rotatable bonds is 7. The molecule has 0 spiro atoms. The Bertz CT molecular complexity index is 911. The van der Waals surface area contributed by atoms with Crippen LogP contribution < -0.4 is 14.8 Å². The largest absolute Gasteiger partial charge is 0.494 e. The molecule has 0 aliphatic heterocycles. The number of amides is 1. The van der Waals surface area contributed by atoms with Crippen LogP contribution in [0, 0.1) is 6.92 Å². The molecule has 6 nitrogen and oxygen atoms in total. The molecule has 0 atom stereocenters. The number of aryl methyl sites for hydroxylation is 1. The van der Waals surface area contributed by atoms with Gasteiger partial charge in [0.1, 0.15) is 5.75 Å². The van der Waals surface area contributed by atoms with Gasteiger partial charge in [-0.2, -0.15) is 0 Å². The van der Waals surface area contributed by atoms with Crippen LogP contribution in [0.15, 0.2) is 41.3 Å². The molecule has 2 aromatic rings. The maximum atomic E-state index is 12.6. The summed E-state index contributed by atoms with van der Waals surface area (Å²) in [5.41, 5.74) is 2.30. The van der Waals surface area contributed by atoms with E-state index in [0.29, 0.717) is 22.7 Å². The molecule has 0 radical (unpaired) electrons. The van der Waals surface area contributed by atoms with E-state index in [2.05, 4.69) is 10.0 Å². The molecule has 2 aromatic carbocycles. The third-order valence-electron chi connectivity index (χ3n) is 3.79. The maximum absolute atomic E-state index is 12.6. The second kappa shape index (κ2) is 8.46. The topological polar surface area (TPSA) is 84.5 Å². The van der Waals surface area contributed by atoms with Gasteiger partial charge in [-0.25, -0.2) is 8.42 Å². The first kappa shape index (κ1) is 20.1. The molecule has 8 heteroatoms. The highest BCUT2D eigenvalue weighted by molar-refractivity contribution is 7.98. The minimum Gasteiger partial charge on any atom is -0.494 e. The van der Waals surface area contributed by atoms with E-state index in [1.165, 1.54) is 7.11 Å². The monoisotopic (exact) mass is 394 g/mol. The molecule has 0 bridgehead atoms. The zero-order valence-electron chi connectivity index (χ0n) is 15.1. The summed E-state index contributed by atoms with van der Waals surface area (Å²) in [5.74, 6) is 0.0523. The number of carbonyl (C=O) groups is 1. The van der Waals surface area contributed by atoms with Crippen molar-refractivity contribution in [3.05, 3.63) is 47.5 Å². The van der Waals surface area contributed by atoms with Crippen LogP contribution in [0.4, 0.5) is 11.4 Å². The molecule has 0 aromatic heterocycles. The average Bonchev–Trinajstić information content (AvgIpc) is 2.63. The van der Waals surface area contributed by atoms with E-state index >= 15 is 0 Å². The van der Waals surface area contributed by atoms with Crippen molar-refractivity contribution in [2.75, 3.05) is 29.2 Å². The summed E-state index contributed by atoms with van der Waals surface area (Å²) in [6, 6.07) is 10.5. The van der Waals surface area contributed by atoms with Crippen molar-refractivity contribution in [1.29, 1.82) is 0 Å². The SMILES string of the molecule is CCS(=O)(=O)Nc1ccc(NC(=O)c2cc(SC)ccc2C)cc1OC. The number of carbonyl (C=O) groups excluding carboxylic acids is 1. The second-order valence-corrected chi connectivity index (χ2v) is 8.45. The fourth-order valence-corrected chi connectivity index (χ4v) is 3.35. The summed E-state index contributed by atoms with van der Waals surface area (Å²) in [5, 5.41) is 2.82. The molecule has 0 fully saturated rings. The summed E-state index contributed by atoms with van der Waals surface area (Å²) in [4.78, 5) is 13.6. The lowest BCUT2D eigenvalue weighted by Crippen LogP contribution is -2.16. The van der Waals surface area contributed by atoms with Crippen LogP contribution in [0.3, 0.4) is 0 Å². The second-order valence-electron chi connectivity index (χ2n) is 5.56. The first-order chi connectivity index (χ1) is 12.3. The Balaban J connectivity index is 2.26. The van der Waals surface area contributed by atoms with Crippen molar-refractivity contribution in [2.24, 2.45) is 0 Å². The molecular weight excluding hydrogens is 372 g/mol. The minimum atomic E-state index is -3.42. The van der Waals surface area contributed by atoms with Crippen molar-refractivity contribution in [1.82, 2.24) is 0 Å². The van der Waals surface area contributed by atoms with E-state index in [4.69, 9.17) is 4.74 Å². The number of anilines is 2. The quantitative estimate of drug-likeness (QED) is 0.699. The molecule has 26 heavy (non-hydrogen) atoms. The summed E-state index contributed by atoms with van der Waals surface area (Å²) in [6.45, 7) is 3.43. The predicted octanol–water partition coefficient (Wildman–Crippen LogP) is 3.74. The Hall–Kier alpha value is -2.19. The highest BCUT2D eigenvalue weighted by Crippen LogP contribution is 2.29. The number of thioether (sulfide) groups is 1. The molecule has 0 heterocycles. The van der Waals surface area contributed by atoms with E-state index < -0.39 is 10.0 Å². The van der Waals surface area contributed by atoms with Crippen LogP contribution in [-0.2, 0) is 10.0 Å². The molecule has 0 aliphatic rings. The molecule has 0 saturated carbocycles. The van der Waals surface area contributed by atoms with Gasteiger partial charge >= 0.3 is 0 Å². The Morgan fingerprint density at radius 2 is 1.92 bits per heavy atom. The Kier molecular flexibility index (Phi) is 6.55. The number of nitrogens with one attached hydrogen (secondary N) is 2. The van der Waals surface area contributed by atoms with Gasteiger partial charge in [-0.15, -0.1) is 11.8 Å². The van der Waals surface area contributed by atoms with Gasteiger partial charge in [0.05, 0.1) is 18.6 Å². The van der Waals surface area contributed by atoms with Crippen LogP contribution in [0.1, 0.15) is 22.8 Å². The summed E-state index contributed by atoms with van der Waals surface area (Å²) in [7, 11) is -1.98. The van der Waals surface area contributed by atoms with Crippen LogP contribution >= 0.6 is 11.8 Å². The van der Waals surface area contributed by atoms with E-state index in [1.54, 1.807) is 36.9 Å². The first-order valence-electron chi connectivity index (χ1n) is 7.94. The molecule has 0 unspecified atom stereocenters. The van der Waals surface area contributed by atoms with Crippen molar-refractivity contribution >= 4 is 39.1 Å². The number of hydrogen-bond donors (Lipinski definition) is 2. The highest BCUT2D eigenvalue weighted by Gasteiger charge is 2.14. The molecule has 2 N–H and O–H groups in total. The lowest BCUT2D eigenvalue weighted by Gasteiger charge is -2.14. The first-order valence-corrected chi connectivity index (χ1v) is 10.8. The Labute approximate surface area is 158 Å². The number of ether oxygens (including phenoxy) is 1. The standard InChI is InChI=1S/C18H22N2O4S2/c1-5-26(22,23)20-16-9-7-13(10-17(16)24-3)19-18(21)15-11-14(25-4)8-6-12(15)2/h6-11,20H,5H2,1-4H3,(H,19,21). The van der Waals surface area contributed by atoms with Gasteiger partial charge in [0, 0.05) is 22.2 Å². The molecule has 2 rings (SSSR count).